The van der Waals surface area contributed by atoms with Crippen LogP contribution in [0.5, 0.6) is 0 Å². The molecule has 0 aliphatic heterocycles. The summed E-state index contributed by atoms with van der Waals surface area (Å²) in [5, 5.41) is -0.346. The Labute approximate surface area is 137 Å². The Morgan fingerprint density at radius 3 is 2.22 bits per heavy atom. The molecule has 0 unspecified atom stereocenters. The quantitative estimate of drug-likeness (QED) is 0.823. The zero-order valence-corrected chi connectivity index (χ0v) is 13.7. The molecule has 2 bridgehead atoms. The normalized spacial score (nSPS) is 34.3. The van der Waals surface area contributed by atoms with E-state index in [9.17, 15) is 8.42 Å². The van der Waals surface area contributed by atoms with Crippen LogP contribution in [0.4, 0.5) is 0 Å². The van der Waals surface area contributed by atoms with Gasteiger partial charge in [0.05, 0.1) is 10.1 Å². The van der Waals surface area contributed by atoms with Gasteiger partial charge in [-0.1, -0.05) is 42.5 Å². The van der Waals surface area contributed by atoms with Gasteiger partial charge in [-0.2, -0.15) is 0 Å². The molecule has 5 rings (SSSR count). The SMILES string of the molecule is O=S(=O)(c1ccccc1)[C@@H]1c2ccccc2[C@H]2[C@@H]3CC[C@@H](C3)[C@H]21. The van der Waals surface area contributed by atoms with E-state index in [4.69, 9.17) is 0 Å². The number of hydrogen-bond acceptors (Lipinski definition) is 2. The fourth-order valence-corrected chi connectivity index (χ4v) is 7.83. The minimum absolute atomic E-state index is 0.288. The smallest absolute Gasteiger partial charge is 0.185 e. The van der Waals surface area contributed by atoms with Crippen molar-refractivity contribution in [3.63, 3.8) is 0 Å². The highest BCUT2D eigenvalue weighted by atomic mass is 32.2. The average molecular weight is 324 g/mol. The highest BCUT2D eigenvalue weighted by molar-refractivity contribution is 7.91. The summed E-state index contributed by atoms with van der Waals surface area (Å²) in [7, 11) is -3.33. The van der Waals surface area contributed by atoms with Crippen LogP contribution in [-0.4, -0.2) is 8.42 Å². The zero-order valence-electron chi connectivity index (χ0n) is 12.9. The van der Waals surface area contributed by atoms with E-state index in [-0.39, 0.29) is 11.2 Å². The molecule has 0 N–H and O–H groups in total. The molecule has 0 heterocycles. The summed E-state index contributed by atoms with van der Waals surface area (Å²) in [6.45, 7) is 0. The van der Waals surface area contributed by atoms with Crippen LogP contribution in [0.25, 0.3) is 0 Å². The van der Waals surface area contributed by atoms with Gasteiger partial charge in [-0.15, -0.1) is 0 Å². The average Bonchev–Trinajstić information content (AvgIpc) is 3.26. The van der Waals surface area contributed by atoms with Crippen LogP contribution in [0.3, 0.4) is 0 Å². The van der Waals surface area contributed by atoms with Crippen molar-refractivity contribution in [1.82, 2.24) is 0 Å². The first-order valence-corrected chi connectivity index (χ1v) is 10.1. The topological polar surface area (TPSA) is 34.1 Å². The van der Waals surface area contributed by atoms with Gasteiger partial charge < -0.3 is 0 Å². The van der Waals surface area contributed by atoms with Gasteiger partial charge in [-0.25, -0.2) is 8.42 Å². The first kappa shape index (κ1) is 13.8. The molecule has 2 aromatic rings. The predicted octanol–water partition coefficient (Wildman–Crippen LogP) is 4.34. The Bertz CT molecular complexity index is 856. The minimum atomic E-state index is -3.33. The van der Waals surface area contributed by atoms with Crippen molar-refractivity contribution in [3.05, 3.63) is 65.7 Å². The molecule has 5 atom stereocenters. The van der Waals surface area contributed by atoms with Crippen LogP contribution in [-0.2, 0) is 9.84 Å². The van der Waals surface area contributed by atoms with Gasteiger partial charge in [0.2, 0.25) is 0 Å². The third-order valence-corrected chi connectivity index (χ3v) is 8.56. The molecule has 0 spiro atoms. The monoisotopic (exact) mass is 324 g/mol. The fourth-order valence-electron chi connectivity index (χ4n) is 5.64. The minimum Gasteiger partial charge on any atom is -0.223 e. The lowest BCUT2D eigenvalue weighted by atomic mass is 9.80. The Morgan fingerprint density at radius 1 is 0.783 bits per heavy atom. The zero-order chi connectivity index (χ0) is 15.6. The van der Waals surface area contributed by atoms with Crippen molar-refractivity contribution in [2.24, 2.45) is 17.8 Å². The number of rotatable bonds is 2. The molecule has 0 aromatic heterocycles. The molecule has 2 nitrogen and oxygen atoms in total. The van der Waals surface area contributed by atoms with Gasteiger partial charge in [0, 0.05) is 0 Å². The second-order valence-electron chi connectivity index (χ2n) is 7.34. The number of fused-ring (bicyclic) bond motifs is 7. The van der Waals surface area contributed by atoms with Crippen molar-refractivity contribution >= 4 is 9.84 Å². The van der Waals surface area contributed by atoms with Crippen LogP contribution in [0, 0.1) is 17.8 Å². The van der Waals surface area contributed by atoms with Crippen LogP contribution in [0.1, 0.15) is 41.6 Å². The molecule has 2 saturated carbocycles. The molecule has 0 amide bonds. The predicted molar refractivity (Wildman–Crippen MR) is 89.9 cm³/mol. The van der Waals surface area contributed by atoms with Crippen LogP contribution in [0.2, 0.25) is 0 Å². The summed E-state index contributed by atoms with van der Waals surface area (Å²) in [5.74, 6) is 2.04. The molecule has 3 aliphatic rings. The molecule has 3 aliphatic carbocycles. The van der Waals surface area contributed by atoms with Gasteiger partial charge in [-0.05, 0) is 66.2 Å². The fraction of sp³-hybridized carbons (Fsp3) is 0.400. The Kier molecular flexibility index (Phi) is 2.82. The third kappa shape index (κ3) is 1.77. The van der Waals surface area contributed by atoms with Gasteiger partial charge in [-0.3, -0.25) is 0 Å². The highest BCUT2D eigenvalue weighted by Crippen LogP contribution is 2.66. The molecule has 3 heteroatoms. The molecule has 0 radical (unpaired) electrons. The van der Waals surface area contributed by atoms with E-state index in [1.165, 1.54) is 24.8 Å². The maximum absolute atomic E-state index is 13.4. The summed E-state index contributed by atoms with van der Waals surface area (Å²) < 4.78 is 26.8. The summed E-state index contributed by atoms with van der Waals surface area (Å²) in [4.78, 5) is 0.475. The Hall–Kier alpha value is -1.61. The highest BCUT2D eigenvalue weighted by Gasteiger charge is 2.59. The first-order chi connectivity index (χ1) is 11.2. The van der Waals surface area contributed by atoms with Crippen molar-refractivity contribution in [2.75, 3.05) is 0 Å². The van der Waals surface area contributed by atoms with Crippen LogP contribution >= 0.6 is 0 Å². The van der Waals surface area contributed by atoms with E-state index < -0.39 is 9.84 Å². The van der Waals surface area contributed by atoms with Gasteiger partial charge in [0.25, 0.3) is 0 Å². The number of sulfone groups is 1. The molecule has 0 saturated heterocycles. The summed E-state index contributed by atoms with van der Waals surface area (Å²) in [6, 6.07) is 17.3. The lowest BCUT2D eigenvalue weighted by Gasteiger charge is -2.29. The van der Waals surface area contributed by atoms with E-state index in [0.717, 1.165) is 5.56 Å². The van der Waals surface area contributed by atoms with E-state index in [2.05, 4.69) is 18.2 Å². The first-order valence-electron chi connectivity index (χ1n) is 8.55. The van der Waals surface area contributed by atoms with Crippen molar-refractivity contribution in [2.45, 2.75) is 35.3 Å². The van der Waals surface area contributed by atoms with Crippen LogP contribution < -0.4 is 0 Å². The molecule has 2 aromatic carbocycles. The van der Waals surface area contributed by atoms with E-state index in [1.807, 2.05) is 24.3 Å². The van der Waals surface area contributed by atoms with Crippen molar-refractivity contribution in [3.8, 4) is 0 Å². The summed E-state index contributed by atoms with van der Waals surface area (Å²) in [5.41, 5.74) is 2.39. The Balaban J connectivity index is 1.71. The molecule has 118 valence electrons. The maximum atomic E-state index is 13.4. The standard InChI is InChI=1S/C20H20O2S/c21-23(22,15-6-2-1-3-7-15)20-17-9-5-4-8-16(17)18-13-10-11-14(12-13)19(18)20/h1-9,13-14,18-20H,10-12H2/t13-,14+,18-,19-,20-/m1/s1. The van der Waals surface area contributed by atoms with Crippen LogP contribution in [0.15, 0.2) is 59.5 Å². The summed E-state index contributed by atoms with van der Waals surface area (Å²) >= 11 is 0. The second-order valence-corrected chi connectivity index (χ2v) is 9.41. The largest absolute Gasteiger partial charge is 0.223 e. The molecule has 23 heavy (non-hydrogen) atoms. The summed E-state index contributed by atoms with van der Waals surface area (Å²) in [6.07, 6.45) is 3.71. The van der Waals surface area contributed by atoms with Crippen molar-refractivity contribution in [1.29, 1.82) is 0 Å². The third-order valence-electron chi connectivity index (χ3n) is 6.40. The number of hydrogen-bond donors (Lipinski definition) is 0. The molecular formula is C20H20O2S. The molecule has 2 fully saturated rings. The van der Waals surface area contributed by atoms with Gasteiger partial charge >= 0.3 is 0 Å². The second kappa shape index (κ2) is 4.70. The maximum Gasteiger partial charge on any atom is 0.185 e. The number of benzene rings is 2. The molecular weight excluding hydrogens is 304 g/mol. The van der Waals surface area contributed by atoms with E-state index in [1.54, 1.807) is 12.1 Å². The lowest BCUT2D eigenvalue weighted by Crippen LogP contribution is -2.25. The lowest BCUT2D eigenvalue weighted by molar-refractivity contribution is 0.300. The van der Waals surface area contributed by atoms with E-state index >= 15 is 0 Å². The van der Waals surface area contributed by atoms with Gasteiger partial charge in [0.15, 0.2) is 9.84 Å². The Morgan fingerprint density at radius 2 is 1.43 bits per heavy atom. The van der Waals surface area contributed by atoms with Gasteiger partial charge in [0.1, 0.15) is 0 Å². The van der Waals surface area contributed by atoms with Crippen molar-refractivity contribution < 1.29 is 8.42 Å². The van der Waals surface area contributed by atoms with E-state index in [0.29, 0.717) is 22.6 Å².